The highest BCUT2D eigenvalue weighted by atomic mass is 127. The Labute approximate surface area is 138 Å². The Morgan fingerprint density at radius 2 is 2.05 bits per heavy atom. The Hall–Kier alpha value is -1.07. The molecule has 0 aliphatic rings. The van der Waals surface area contributed by atoms with Gasteiger partial charge in [0.05, 0.1) is 12.3 Å². The number of rotatable bonds is 4. The van der Waals surface area contributed by atoms with Crippen LogP contribution in [0.1, 0.15) is 18.1 Å². The lowest BCUT2D eigenvalue weighted by Crippen LogP contribution is -1.95. The molecule has 2 rings (SSSR count). The van der Waals surface area contributed by atoms with Crippen LogP contribution >= 0.6 is 34.2 Å². The fraction of sp³-hybridized carbons (Fsp3) is 0.188. The van der Waals surface area contributed by atoms with Crippen molar-refractivity contribution in [3.05, 3.63) is 56.1 Å². The molecule has 0 spiro atoms. The normalized spacial score (nSPS) is 11.0. The number of halogens is 2. The van der Waals surface area contributed by atoms with Gasteiger partial charge in [0.1, 0.15) is 5.75 Å². The van der Waals surface area contributed by atoms with Crippen LogP contribution in [0.3, 0.4) is 0 Å². The van der Waals surface area contributed by atoms with Crippen molar-refractivity contribution in [1.82, 2.24) is 0 Å². The third-order valence-corrected chi connectivity index (χ3v) is 4.21. The van der Waals surface area contributed by atoms with E-state index in [9.17, 15) is 0 Å². The SMILES string of the molecule is CCOc1ccc(Cl)cc1C=Nc1ccc(I)c(C)c1. The van der Waals surface area contributed by atoms with Crippen molar-refractivity contribution in [2.24, 2.45) is 4.99 Å². The van der Waals surface area contributed by atoms with Gasteiger partial charge in [-0.15, -0.1) is 0 Å². The van der Waals surface area contributed by atoms with Gasteiger partial charge in [-0.2, -0.15) is 0 Å². The summed E-state index contributed by atoms with van der Waals surface area (Å²) >= 11 is 8.34. The van der Waals surface area contributed by atoms with Gasteiger partial charge in [0, 0.05) is 20.4 Å². The van der Waals surface area contributed by atoms with Gasteiger partial charge >= 0.3 is 0 Å². The number of benzene rings is 2. The summed E-state index contributed by atoms with van der Waals surface area (Å²) in [5.41, 5.74) is 3.03. The summed E-state index contributed by atoms with van der Waals surface area (Å²) in [6.45, 7) is 4.65. The van der Waals surface area contributed by atoms with E-state index in [-0.39, 0.29) is 0 Å². The van der Waals surface area contributed by atoms with E-state index in [4.69, 9.17) is 16.3 Å². The molecule has 0 unspecified atom stereocenters. The summed E-state index contributed by atoms with van der Waals surface area (Å²) < 4.78 is 6.81. The van der Waals surface area contributed by atoms with Crippen LogP contribution in [0.25, 0.3) is 0 Å². The van der Waals surface area contributed by atoms with Gasteiger partial charge in [-0.3, -0.25) is 4.99 Å². The van der Waals surface area contributed by atoms with Crippen molar-refractivity contribution >= 4 is 46.1 Å². The molecule has 0 aromatic heterocycles. The fourth-order valence-electron chi connectivity index (χ4n) is 1.76. The monoisotopic (exact) mass is 399 g/mol. The predicted molar refractivity (Wildman–Crippen MR) is 93.8 cm³/mol. The first-order chi connectivity index (χ1) is 9.60. The quantitative estimate of drug-likeness (QED) is 0.498. The first kappa shape index (κ1) is 15.3. The molecular formula is C16H15ClINO. The molecule has 0 N–H and O–H groups in total. The minimum atomic E-state index is 0.616. The molecule has 0 atom stereocenters. The number of ether oxygens (including phenoxy) is 1. The minimum absolute atomic E-state index is 0.616. The van der Waals surface area contributed by atoms with Crippen LogP contribution in [0, 0.1) is 10.5 Å². The summed E-state index contributed by atoms with van der Waals surface area (Å²) in [4.78, 5) is 4.50. The zero-order valence-corrected chi connectivity index (χ0v) is 14.3. The Kier molecular flexibility index (Phi) is 5.43. The molecule has 0 saturated carbocycles. The number of hydrogen-bond donors (Lipinski definition) is 0. The Morgan fingerprint density at radius 1 is 1.25 bits per heavy atom. The molecule has 0 saturated heterocycles. The topological polar surface area (TPSA) is 21.6 Å². The second-order valence-corrected chi connectivity index (χ2v) is 5.91. The van der Waals surface area contributed by atoms with Crippen LogP contribution in [0.2, 0.25) is 5.02 Å². The van der Waals surface area contributed by atoms with Crippen molar-refractivity contribution in [3.8, 4) is 5.75 Å². The molecule has 0 fully saturated rings. The zero-order valence-electron chi connectivity index (χ0n) is 11.4. The first-order valence-corrected chi connectivity index (χ1v) is 7.78. The lowest BCUT2D eigenvalue weighted by molar-refractivity contribution is 0.340. The van der Waals surface area contributed by atoms with Crippen molar-refractivity contribution in [2.45, 2.75) is 13.8 Å². The van der Waals surface area contributed by atoms with Gasteiger partial charge in [-0.05, 0) is 78.4 Å². The second kappa shape index (κ2) is 7.09. The zero-order chi connectivity index (χ0) is 14.5. The highest BCUT2D eigenvalue weighted by molar-refractivity contribution is 14.1. The van der Waals surface area contributed by atoms with Crippen molar-refractivity contribution in [2.75, 3.05) is 6.61 Å². The highest BCUT2D eigenvalue weighted by Gasteiger charge is 2.02. The maximum Gasteiger partial charge on any atom is 0.128 e. The second-order valence-electron chi connectivity index (χ2n) is 4.31. The Morgan fingerprint density at radius 3 is 2.75 bits per heavy atom. The molecule has 4 heteroatoms. The lowest BCUT2D eigenvalue weighted by Gasteiger charge is -2.07. The summed E-state index contributed by atoms with van der Waals surface area (Å²) in [5, 5.41) is 0.675. The van der Waals surface area contributed by atoms with E-state index in [0.29, 0.717) is 11.6 Å². The Balaban J connectivity index is 2.30. The standard InChI is InChI=1S/C16H15ClINO/c1-3-20-16-7-4-13(17)9-12(16)10-19-14-5-6-15(18)11(2)8-14/h4-10H,3H2,1-2H3. The van der Waals surface area contributed by atoms with Gasteiger partial charge < -0.3 is 4.74 Å². The predicted octanol–water partition coefficient (Wildman–Crippen LogP) is 5.40. The average Bonchev–Trinajstić information content (AvgIpc) is 2.43. The van der Waals surface area contributed by atoms with Crippen LogP contribution < -0.4 is 4.74 Å². The number of hydrogen-bond acceptors (Lipinski definition) is 2. The summed E-state index contributed by atoms with van der Waals surface area (Å²) in [7, 11) is 0. The van der Waals surface area contributed by atoms with E-state index in [0.717, 1.165) is 17.0 Å². The van der Waals surface area contributed by atoms with Gasteiger partial charge in [-0.1, -0.05) is 11.6 Å². The van der Waals surface area contributed by atoms with Crippen LogP contribution in [0.5, 0.6) is 5.75 Å². The molecule has 0 aliphatic heterocycles. The molecule has 2 nitrogen and oxygen atoms in total. The van der Waals surface area contributed by atoms with Crippen molar-refractivity contribution in [1.29, 1.82) is 0 Å². The molecule has 0 aliphatic carbocycles. The molecule has 2 aromatic rings. The van der Waals surface area contributed by atoms with Gasteiger partial charge in [0.15, 0.2) is 0 Å². The summed E-state index contributed by atoms with van der Waals surface area (Å²) in [5.74, 6) is 0.794. The minimum Gasteiger partial charge on any atom is -0.493 e. The highest BCUT2D eigenvalue weighted by Crippen LogP contribution is 2.23. The average molecular weight is 400 g/mol. The largest absolute Gasteiger partial charge is 0.493 e. The van der Waals surface area contributed by atoms with Crippen molar-refractivity contribution in [3.63, 3.8) is 0 Å². The van der Waals surface area contributed by atoms with Gasteiger partial charge in [0.2, 0.25) is 0 Å². The molecular weight excluding hydrogens is 385 g/mol. The number of aliphatic imine (C=N–C) groups is 1. The molecule has 104 valence electrons. The van der Waals surface area contributed by atoms with Crippen LogP contribution in [-0.2, 0) is 0 Å². The van der Waals surface area contributed by atoms with E-state index in [1.807, 2.05) is 31.2 Å². The number of aryl methyl sites for hydroxylation is 1. The fourth-order valence-corrected chi connectivity index (χ4v) is 2.28. The summed E-state index contributed by atoms with van der Waals surface area (Å²) in [6.07, 6.45) is 1.79. The van der Waals surface area contributed by atoms with Gasteiger partial charge in [0.25, 0.3) is 0 Å². The smallest absolute Gasteiger partial charge is 0.128 e. The first-order valence-electron chi connectivity index (χ1n) is 6.32. The van der Waals surface area contributed by atoms with E-state index >= 15 is 0 Å². The van der Waals surface area contributed by atoms with Gasteiger partial charge in [-0.25, -0.2) is 0 Å². The van der Waals surface area contributed by atoms with Crippen LogP contribution in [0.15, 0.2) is 41.4 Å². The molecule has 0 radical (unpaired) electrons. The van der Waals surface area contributed by atoms with E-state index in [1.165, 1.54) is 9.13 Å². The molecule has 0 bridgehead atoms. The van der Waals surface area contributed by atoms with Crippen molar-refractivity contribution < 1.29 is 4.74 Å². The molecule has 2 aromatic carbocycles. The third-order valence-electron chi connectivity index (χ3n) is 2.77. The van der Waals surface area contributed by atoms with Crippen LogP contribution in [0.4, 0.5) is 5.69 Å². The maximum absolute atomic E-state index is 6.03. The maximum atomic E-state index is 6.03. The molecule has 0 amide bonds. The van der Waals surface area contributed by atoms with E-state index in [1.54, 1.807) is 6.21 Å². The number of nitrogens with zero attached hydrogens (tertiary/aromatic N) is 1. The third kappa shape index (κ3) is 3.96. The van der Waals surface area contributed by atoms with E-state index < -0.39 is 0 Å². The molecule has 0 heterocycles. The van der Waals surface area contributed by atoms with E-state index in [2.05, 4.69) is 46.6 Å². The van der Waals surface area contributed by atoms with Crippen LogP contribution in [-0.4, -0.2) is 12.8 Å². The lowest BCUT2D eigenvalue weighted by atomic mass is 10.2. The Bertz CT molecular complexity index is 640. The summed E-state index contributed by atoms with van der Waals surface area (Å²) in [6, 6.07) is 11.7. The molecule has 20 heavy (non-hydrogen) atoms.